The zero-order valence-corrected chi connectivity index (χ0v) is 15.8. The predicted molar refractivity (Wildman–Crippen MR) is 108 cm³/mol. The van der Waals surface area contributed by atoms with Gasteiger partial charge in [-0.3, -0.25) is 0 Å². The van der Waals surface area contributed by atoms with Crippen LogP contribution in [0.5, 0.6) is 11.5 Å². The number of carbonyl (C=O) groups is 2. The third-order valence-corrected chi connectivity index (χ3v) is 4.18. The molecule has 0 unspecified atom stereocenters. The van der Waals surface area contributed by atoms with Crippen LogP contribution in [-0.2, 0) is 9.53 Å². The minimum absolute atomic E-state index is 0.0326. The summed E-state index contributed by atoms with van der Waals surface area (Å²) in [6.45, 7) is 5.22. The Morgan fingerprint density at radius 3 is 1.89 bits per heavy atom. The zero-order valence-electron chi connectivity index (χ0n) is 15.8. The van der Waals surface area contributed by atoms with Gasteiger partial charge in [0.1, 0.15) is 18.1 Å². The molecule has 0 fully saturated rings. The Hall–Kier alpha value is -3.54. The van der Waals surface area contributed by atoms with Crippen molar-refractivity contribution >= 4 is 33.6 Å². The van der Waals surface area contributed by atoms with E-state index in [1.54, 1.807) is 14.0 Å². The quantitative estimate of drug-likeness (QED) is 0.301. The van der Waals surface area contributed by atoms with Crippen molar-refractivity contribution in [2.24, 2.45) is 0 Å². The van der Waals surface area contributed by atoms with Gasteiger partial charge in [0.15, 0.2) is 0 Å². The third-order valence-electron chi connectivity index (χ3n) is 4.18. The van der Waals surface area contributed by atoms with Crippen molar-refractivity contribution in [2.75, 3.05) is 20.3 Å². The van der Waals surface area contributed by atoms with E-state index in [4.69, 9.17) is 14.2 Å². The van der Waals surface area contributed by atoms with Crippen LogP contribution >= 0.6 is 0 Å². The van der Waals surface area contributed by atoms with E-state index in [2.05, 4.69) is 11.9 Å². The lowest BCUT2D eigenvalue weighted by atomic mass is 10.0. The molecule has 0 aliphatic rings. The molecule has 0 bridgehead atoms. The van der Waals surface area contributed by atoms with Gasteiger partial charge in [0.05, 0.1) is 13.7 Å². The van der Waals surface area contributed by atoms with Gasteiger partial charge in [0.25, 0.3) is 0 Å². The Labute approximate surface area is 162 Å². The number of hydrogen-bond acceptors (Lipinski definition) is 5. The summed E-state index contributed by atoms with van der Waals surface area (Å²) in [5.74, 6) is 0.677. The van der Waals surface area contributed by atoms with Gasteiger partial charge in [-0.25, -0.2) is 9.59 Å². The molecule has 0 spiro atoms. The van der Waals surface area contributed by atoms with Crippen molar-refractivity contribution in [3.8, 4) is 11.5 Å². The largest absolute Gasteiger partial charge is 0.495 e. The number of esters is 1. The highest BCUT2D eigenvalue weighted by molar-refractivity contribution is 6.11. The fourth-order valence-electron chi connectivity index (χ4n) is 2.93. The summed E-state index contributed by atoms with van der Waals surface area (Å²) < 4.78 is 16.2. The maximum absolute atomic E-state index is 12.3. The number of rotatable bonds is 6. The van der Waals surface area contributed by atoms with Crippen LogP contribution in [0.1, 0.15) is 6.92 Å². The van der Waals surface area contributed by atoms with Crippen LogP contribution in [-0.4, -0.2) is 32.3 Å². The summed E-state index contributed by atoms with van der Waals surface area (Å²) in [4.78, 5) is 23.7. The van der Waals surface area contributed by atoms with Gasteiger partial charge in [0.2, 0.25) is 0 Å². The Morgan fingerprint density at radius 1 is 0.929 bits per heavy atom. The monoisotopic (exact) mass is 379 g/mol. The van der Waals surface area contributed by atoms with Crippen molar-refractivity contribution < 1.29 is 23.8 Å². The Kier molecular flexibility index (Phi) is 5.79. The van der Waals surface area contributed by atoms with Gasteiger partial charge in [-0.1, -0.05) is 55.1 Å². The number of nitrogens with one attached hydrogen (secondary N) is 1. The van der Waals surface area contributed by atoms with Gasteiger partial charge in [-0.2, -0.15) is 0 Å². The fraction of sp³-hybridized carbons (Fsp3) is 0.182. The third kappa shape index (κ3) is 3.91. The fourth-order valence-corrected chi connectivity index (χ4v) is 2.93. The van der Waals surface area contributed by atoms with Crippen LogP contribution in [0.4, 0.5) is 4.79 Å². The van der Waals surface area contributed by atoms with Crippen LogP contribution in [0.2, 0.25) is 0 Å². The molecule has 0 aliphatic heterocycles. The van der Waals surface area contributed by atoms with Crippen molar-refractivity contribution in [1.82, 2.24) is 5.32 Å². The van der Waals surface area contributed by atoms with Crippen molar-refractivity contribution in [2.45, 2.75) is 6.92 Å². The van der Waals surface area contributed by atoms with E-state index in [1.807, 2.05) is 48.5 Å². The van der Waals surface area contributed by atoms with Gasteiger partial charge >= 0.3 is 12.1 Å². The molecule has 0 aromatic heterocycles. The van der Waals surface area contributed by atoms with E-state index < -0.39 is 12.1 Å². The first kappa shape index (κ1) is 19.2. The molecular formula is C22H21NO5. The van der Waals surface area contributed by atoms with Gasteiger partial charge in [-0.15, -0.1) is 0 Å². The second-order valence-corrected chi connectivity index (χ2v) is 6.19. The molecule has 0 heterocycles. The zero-order chi connectivity index (χ0) is 20.1. The summed E-state index contributed by atoms with van der Waals surface area (Å²) in [6.07, 6.45) is -0.633. The summed E-state index contributed by atoms with van der Waals surface area (Å²) in [5, 5.41) is 5.81. The van der Waals surface area contributed by atoms with E-state index in [-0.39, 0.29) is 13.2 Å². The maximum atomic E-state index is 12.3. The topological polar surface area (TPSA) is 73.9 Å². The van der Waals surface area contributed by atoms with Crippen LogP contribution < -0.4 is 14.8 Å². The molecule has 3 aromatic carbocycles. The maximum Gasteiger partial charge on any atom is 0.412 e. The highest BCUT2D eigenvalue weighted by Crippen LogP contribution is 2.42. The highest BCUT2D eigenvalue weighted by Gasteiger charge is 2.17. The average molecular weight is 379 g/mol. The molecule has 6 heteroatoms. The van der Waals surface area contributed by atoms with Gasteiger partial charge in [-0.05, 0) is 6.92 Å². The molecule has 144 valence electrons. The standard InChI is InChI=1S/C22H21NO5/c1-14(2)21(24)27-13-12-23-22(25)28-20-17-10-6-4-8-15(17)19(26-3)16-9-5-7-11-18(16)20/h4-11H,1,12-13H2,2-3H3,(H,23,25). The number of fused-ring (bicyclic) bond motifs is 2. The number of carbonyl (C=O) groups excluding carboxylic acids is 2. The van der Waals surface area contributed by atoms with Crippen LogP contribution in [0, 0.1) is 0 Å². The minimum Gasteiger partial charge on any atom is -0.495 e. The van der Waals surface area contributed by atoms with Crippen molar-refractivity contribution in [3.05, 3.63) is 60.7 Å². The molecule has 1 N–H and O–H groups in total. The Morgan fingerprint density at radius 2 is 1.43 bits per heavy atom. The first-order chi connectivity index (χ1) is 13.5. The molecule has 0 aliphatic carbocycles. The lowest BCUT2D eigenvalue weighted by Crippen LogP contribution is -2.30. The smallest absolute Gasteiger partial charge is 0.412 e. The summed E-state index contributed by atoms with van der Waals surface area (Å²) >= 11 is 0. The first-order valence-corrected chi connectivity index (χ1v) is 8.78. The number of hydrogen-bond donors (Lipinski definition) is 1. The number of methoxy groups -OCH3 is 1. The first-order valence-electron chi connectivity index (χ1n) is 8.78. The van der Waals surface area contributed by atoms with Crippen LogP contribution in [0.15, 0.2) is 60.7 Å². The SMILES string of the molecule is C=C(C)C(=O)OCCNC(=O)Oc1c2ccccc2c(OC)c2ccccc12. The molecule has 0 saturated heterocycles. The average Bonchev–Trinajstić information content (AvgIpc) is 2.71. The molecule has 0 saturated carbocycles. The summed E-state index contributed by atoms with van der Waals surface area (Å²) in [6, 6.07) is 15.1. The van der Waals surface area contributed by atoms with E-state index in [0.717, 1.165) is 27.3 Å². The predicted octanol–water partition coefficient (Wildman–Crippen LogP) is 4.21. The van der Waals surface area contributed by atoms with Crippen LogP contribution in [0.25, 0.3) is 21.5 Å². The lowest BCUT2D eigenvalue weighted by Gasteiger charge is -2.15. The van der Waals surface area contributed by atoms with Crippen molar-refractivity contribution in [1.29, 1.82) is 0 Å². The normalized spacial score (nSPS) is 10.5. The van der Waals surface area contributed by atoms with Gasteiger partial charge < -0.3 is 19.5 Å². The molecule has 6 nitrogen and oxygen atoms in total. The number of benzene rings is 3. The molecular weight excluding hydrogens is 358 g/mol. The van der Waals surface area contributed by atoms with Gasteiger partial charge in [0, 0.05) is 27.1 Å². The Balaban J connectivity index is 1.85. The lowest BCUT2D eigenvalue weighted by molar-refractivity contribution is -0.138. The summed E-state index contributed by atoms with van der Waals surface area (Å²) in [5.41, 5.74) is 0.304. The van der Waals surface area contributed by atoms with E-state index in [1.165, 1.54) is 0 Å². The molecule has 28 heavy (non-hydrogen) atoms. The molecule has 0 radical (unpaired) electrons. The molecule has 0 atom stereocenters. The van der Waals surface area contributed by atoms with E-state index >= 15 is 0 Å². The van der Waals surface area contributed by atoms with Crippen molar-refractivity contribution in [3.63, 3.8) is 0 Å². The summed E-state index contributed by atoms with van der Waals surface area (Å²) in [7, 11) is 1.62. The molecule has 3 aromatic rings. The Bertz CT molecular complexity index is 1000. The molecule has 1 amide bonds. The second kappa shape index (κ2) is 8.43. The van der Waals surface area contributed by atoms with E-state index in [0.29, 0.717) is 11.3 Å². The number of ether oxygens (including phenoxy) is 3. The van der Waals surface area contributed by atoms with E-state index in [9.17, 15) is 9.59 Å². The molecule has 3 rings (SSSR count). The number of amides is 1. The minimum atomic E-state index is -0.633. The van der Waals surface area contributed by atoms with Crippen LogP contribution in [0.3, 0.4) is 0 Å². The second-order valence-electron chi connectivity index (χ2n) is 6.19. The highest BCUT2D eigenvalue weighted by atomic mass is 16.6.